The molecule has 0 spiro atoms. The zero-order valence-corrected chi connectivity index (χ0v) is 17.6. The number of aliphatic imine (C=N–C) groups is 1. The molecule has 3 aromatic rings. The van der Waals surface area contributed by atoms with E-state index in [1.54, 1.807) is 5.32 Å². The van der Waals surface area contributed by atoms with Crippen LogP contribution in [-0.4, -0.2) is 44.4 Å². The van der Waals surface area contributed by atoms with Gasteiger partial charge in [0.2, 0.25) is 0 Å². The van der Waals surface area contributed by atoms with E-state index >= 15 is 0 Å². The molecule has 1 aliphatic heterocycles. The number of rotatable bonds is 4. The first-order valence-electron chi connectivity index (χ1n) is 9.79. The summed E-state index contributed by atoms with van der Waals surface area (Å²) in [7, 11) is 0. The van der Waals surface area contributed by atoms with Gasteiger partial charge in [0.25, 0.3) is 6.02 Å². The summed E-state index contributed by atoms with van der Waals surface area (Å²) in [6.45, 7) is -1.67. The van der Waals surface area contributed by atoms with E-state index in [2.05, 4.69) is 20.0 Å². The van der Waals surface area contributed by atoms with E-state index in [1.165, 1.54) is 25.1 Å². The van der Waals surface area contributed by atoms with Crippen molar-refractivity contribution in [2.75, 3.05) is 0 Å². The van der Waals surface area contributed by atoms with Crippen LogP contribution in [0.2, 0.25) is 0 Å². The number of carbonyl (C=O) groups is 1. The third-order valence-corrected chi connectivity index (χ3v) is 5.20. The topological polar surface area (TPSA) is 115 Å². The van der Waals surface area contributed by atoms with Crippen LogP contribution in [-0.2, 0) is 10.3 Å². The standard InChI is InChI=1S/C20H15F6N5O4/c1-19(6-15(20(24,25)26)34-17(29-19)28-18(32)33)11-4-9(2-3-12(11)21)14-5-13(30-35-14)10-7-27-31(8-10)16(22)23/h2-5,7-8,15-16H,6H2,1H3,(H,28,29)(H,32,33)/t15-,19-/m0/s1. The highest BCUT2D eigenvalue weighted by Gasteiger charge is 2.50. The fraction of sp³-hybridized carbons (Fsp3) is 0.300. The van der Waals surface area contributed by atoms with Crippen molar-refractivity contribution in [1.82, 2.24) is 20.3 Å². The Kier molecular flexibility index (Phi) is 5.94. The lowest BCUT2D eigenvalue weighted by atomic mass is 9.84. The third kappa shape index (κ3) is 4.93. The molecule has 1 amide bonds. The first-order chi connectivity index (χ1) is 16.4. The minimum atomic E-state index is -4.89. The summed E-state index contributed by atoms with van der Waals surface area (Å²) in [5.74, 6) is -0.850. The molecule has 0 bridgehead atoms. The van der Waals surface area contributed by atoms with Gasteiger partial charge in [-0.1, -0.05) is 5.16 Å². The zero-order valence-electron chi connectivity index (χ0n) is 17.6. The van der Waals surface area contributed by atoms with Crippen LogP contribution >= 0.6 is 0 Å². The van der Waals surface area contributed by atoms with E-state index in [1.807, 2.05) is 0 Å². The highest BCUT2D eigenvalue weighted by molar-refractivity contribution is 5.90. The van der Waals surface area contributed by atoms with Crippen LogP contribution in [0.4, 0.5) is 31.1 Å². The second kappa shape index (κ2) is 8.63. The molecule has 0 saturated carbocycles. The van der Waals surface area contributed by atoms with Gasteiger partial charge in [-0.25, -0.2) is 24.2 Å². The molecule has 15 heteroatoms. The molecule has 0 radical (unpaired) electrons. The molecule has 186 valence electrons. The molecule has 2 N–H and O–H groups in total. The molecule has 9 nitrogen and oxygen atoms in total. The first-order valence-corrected chi connectivity index (χ1v) is 9.79. The van der Waals surface area contributed by atoms with E-state index in [0.29, 0.717) is 4.68 Å². The Morgan fingerprint density at radius 1 is 1.29 bits per heavy atom. The van der Waals surface area contributed by atoms with Gasteiger partial charge in [0, 0.05) is 35.4 Å². The Bertz CT molecular complexity index is 1290. The maximum atomic E-state index is 14.8. The van der Waals surface area contributed by atoms with Crippen molar-refractivity contribution in [2.24, 2.45) is 4.99 Å². The number of amides is 1. The van der Waals surface area contributed by atoms with Crippen molar-refractivity contribution in [3.05, 3.63) is 48.0 Å². The van der Waals surface area contributed by atoms with Crippen LogP contribution in [0, 0.1) is 5.82 Å². The molecular formula is C20H15F6N5O4. The van der Waals surface area contributed by atoms with Crippen LogP contribution in [0.15, 0.2) is 46.2 Å². The number of hydrogen-bond acceptors (Lipinski definition) is 6. The Balaban J connectivity index is 1.72. The number of hydrogen-bond donors (Lipinski definition) is 2. The zero-order chi connectivity index (χ0) is 25.5. The number of nitrogens with zero attached hydrogens (tertiary/aromatic N) is 4. The minimum Gasteiger partial charge on any atom is -0.465 e. The third-order valence-electron chi connectivity index (χ3n) is 5.20. The van der Waals surface area contributed by atoms with Crippen LogP contribution in [0.1, 0.15) is 25.5 Å². The second-order valence-corrected chi connectivity index (χ2v) is 7.73. The lowest BCUT2D eigenvalue weighted by Crippen LogP contribution is -2.48. The first kappa shape index (κ1) is 24.1. The van der Waals surface area contributed by atoms with Gasteiger partial charge in [0.05, 0.1) is 11.7 Å². The molecule has 0 fully saturated rings. The fourth-order valence-electron chi connectivity index (χ4n) is 3.55. The monoisotopic (exact) mass is 503 g/mol. The lowest BCUT2D eigenvalue weighted by molar-refractivity contribution is -0.208. The summed E-state index contributed by atoms with van der Waals surface area (Å²) < 4.78 is 90.9. The summed E-state index contributed by atoms with van der Waals surface area (Å²) in [6, 6.07) is 3.86. The summed E-state index contributed by atoms with van der Waals surface area (Å²) >= 11 is 0. The van der Waals surface area contributed by atoms with E-state index in [4.69, 9.17) is 9.63 Å². The molecule has 0 aliphatic carbocycles. The van der Waals surface area contributed by atoms with Crippen molar-refractivity contribution in [3.63, 3.8) is 0 Å². The van der Waals surface area contributed by atoms with Crippen LogP contribution < -0.4 is 5.32 Å². The number of benzene rings is 1. The summed E-state index contributed by atoms with van der Waals surface area (Å²) in [6.07, 6.45) is -7.73. The van der Waals surface area contributed by atoms with Gasteiger partial charge < -0.3 is 14.4 Å². The summed E-state index contributed by atoms with van der Waals surface area (Å²) in [4.78, 5) is 14.8. The quantitative estimate of drug-likeness (QED) is 0.488. The van der Waals surface area contributed by atoms with Crippen molar-refractivity contribution in [1.29, 1.82) is 0 Å². The van der Waals surface area contributed by atoms with Gasteiger partial charge in [0.15, 0.2) is 11.9 Å². The number of halogens is 6. The summed E-state index contributed by atoms with van der Waals surface area (Å²) in [5.41, 5.74) is -1.63. The largest absolute Gasteiger partial charge is 0.465 e. The molecular weight excluding hydrogens is 488 g/mol. The minimum absolute atomic E-state index is 0.0574. The van der Waals surface area contributed by atoms with Gasteiger partial charge in [-0.15, -0.1) is 0 Å². The molecule has 0 saturated heterocycles. The molecule has 1 aromatic carbocycles. The molecule has 4 rings (SSSR count). The highest BCUT2D eigenvalue weighted by atomic mass is 19.4. The molecule has 0 unspecified atom stereocenters. The Morgan fingerprint density at radius 2 is 2.03 bits per heavy atom. The molecule has 2 atom stereocenters. The van der Waals surface area contributed by atoms with Gasteiger partial charge in [0.1, 0.15) is 11.5 Å². The summed E-state index contributed by atoms with van der Waals surface area (Å²) in [5, 5.41) is 17.8. The molecule has 1 aliphatic rings. The number of nitrogens with one attached hydrogen (secondary N) is 1. The van der Waals surface area contributed by atoms with Crippen LogP contribution in [0.5, 0.6) is 0 Å². The van der Waals surface area contributed by atoms with E-state index in [9.17, 15) is 31.1 Å². The van der Waals surface area contributed by atoms with Crippen LogP contribution in [0.25, 0.3) is 22.6 Å². The van der Waals surface area contributed by atoms with Crippen molar-refractivity contribution >= 4 is 12.1 Å². The van der Waals surface area contributed by atoms with Crippen LogP contribution in [0.3, 0.4) is 0 Å². The average Bonchev–Trinajstić information content (AvgIpc) is 3.42. The Labute approximate surface area is 192 Å². The normalized spacial score (nSPS) is 20.5. The predicted octanol–water partition coefficient (Wildman–Crippen LogP) is 4.93. The van der Waals surface area contributed by atoms with Gasteiger partial charge >= 0.3 is 18.8 Å². The predicted molar refractivity (Wildman–Crippen MR) is 106 cm³/mol. The Hall–Kier alpha value is -4.04. The van der Waals surface area contributed by atoms with Crippen molar-refractivity contribution < 1.29 is 45.5 Å². The number of amidine groups is 1. The van der Waals surface area contributed by atoms with Crippen molar-refractivity contribution in [3.8, 4) is 22.6 Å². The van der Waals surface area contributed by atoms with Gasteiger partial charge in [-0.3, -0.25) is 0 Å². The molecule has 35 heavy (non-hydrogen) atoms. The van der Waals surface area contributed by atoms with E-state index < -0.39 is 48.7 Å². The highest BCUT2D eigenvalue weighted by Crippen LogP contribution is 2.42. The maximum Gasteiger partial charge on any atom is 0.425 e. The smallest absolute Gasteiger partial charge is 0.425 e. The molecule has 2 aromatic heterocycles. The number of aromatic nitrogens is 3. The fourth-order valence-corrected chi connectivity index (χ4v) is 3.55. The Morgan fingerprint density at radius 3 is 2.66 bits per heavy atom. The number of ether oxygens (including phenoxy) is 1. The maximum absolute atomic E-state index is 14.8. The SMILES string of the molecule is C[C@@]1(c2cc(-c3cc(-c4cnn(C(F)F)c4)no3)ccc2F)C[C@@H](C(F)(F)F)OC(NC(=O)O)=N1. The average molecular weight is 503 g/mol. The van der Waals surface area contributed by atoms with E-state index in [-0.39, 0.29) is 28.1 Å². The van der Waals surface area contributed by atoms with Crippen molar-refractivity contribution in [2.45, 2.75) is 37.7 Å². The lowest BCUT2D eigenvalue weighted by Gasteiger charge is -2.36. The van der Waals surface area contributed by atoms with E-state index in [0.717, 1.165) is 18.5 Å². The van der Waals surface area contributed by atoms with Gasteiger partial charge in [-0.05, 0) is 25.1 Å². The second-order valence-electron chi connectivity index (χ2n) is 7.73. The number of alkyl halides is 5. The molecule has 3 heterocycles. The number of carboxylic acid groups (broad SMARTS) is 1. The van der Waals surface area contributed by atoms with Gasteiger partial charge in [-0.2, -0.15) is 27.1 Å².